The molecule has 1 aromatic heterocycles. The zero-order chi connectivity index (χ0) is 17.2. The van der Waals surface area contributed by atoms with Crippen LogP contribution in [0.5, 0.6) is 11.5 Å². The SMILES string of the molecule is O=C(NCc1ccc2c(c1)OCO2)c1noc(-c2ccc(F)cc2)n1. The van der Waals surface area contributed by atoms with Crippen LogP contribution >= 0.6 is 0 Å². The van der Waals surface area contributed by atoms with Crippen molar-refractivity contribution in [1.82, 2.24) is 15.5 Å². The van der Waals surface area contributed by atoms with E-state index in [1.165, 1.54) is 24.3 Å². The van der Waals surface area contributed by atoms with Gasteiger partial charge >= 0.3 is 0 Å². The molecule has 0 saturated heterocycles. The molecule has 4 rings (SSSR count). The Morgan fingerprint density at radius 2 is 1.92 bits per heavy atom. The zero-order valence-corrected chi connectivity index (χ0v) is 12.9. The number of fused-ring (bicyclic) bond motifs is 1. The largest absolute Gasteiger partial charge is 0.454 e. The van der Waals surface area contributed by atoms with Gasteiger partial charge in [-0.15, -0.1) is 0 Å². The average molecular weight is 341 g/mol. The summed E-state index contributed by atoms with van der Waals surface area (Å²) in [7, 11) is 0. The van der Waals surface area contributed by atoms with Crippen LogP contribution in [0.4, 0.5) is 4.39 Å². The first-order chi connectivity index (χ1) is 12.2. The summed E-state index contributed by atoms with van der Waals surface area (Å²) in [6.07, 6.45) is 0. The second kappa shape index (κ2) is 6.23. The molecule has 0 radical (unpaired) electrons. The molecule has 0 unspecified atom stereocenters. The van der Waals surface area contributed by atoms with Crippen molar-refractivity contribution < 1.29 is 23.2 Å². The van der Waals surface area contributed by atoms with Gasteiger partial charge in [0.25, 0.3) is 17.6 Å². The van der Waals surface area contributed by atoms with Gasteiger partial charge in [0.1, 0.15) is 5.82 Å². The molecule has 1 amide bonds. The first-order valence-electron chi connectivity index (χ1n) is 7.45. The first kappa shape index (κ1) is 15.1. The highest BCUT2D eigenvalue weighted by atomic mass is 19.1. The Hall–Kier alpha value is -3.42. The maximum Gasteiger partial charge on any atom is 0.292 e. The van der Waals surface area contributed by atoms with E-state index in [9.17, 15) is 9.18 Å². The van der Waals surface area contributed by atoms with Gasteiger partial charge in [0, 0.05) is 12.1 Å². The Morgan fingerprint density at radius 1 is 1.12 bits per heavy atom. The molecule has 2 heterocycles. The fourth-order valence-corrected chi connectivity index (χ4v) is 2.34. The fourth-order valence-electron chi connectivity index (χ4n) is 2.34. The van der Waals surface area contributed by atoms with Crippen molar-refractivity contribution in [3.05, 3.63) is 59.7 Å². The summed E-state index contributed by atoms with van der Waals surface area (Å²) in [6, 6.07) is 11.0. The van der Waals surface area contributed by atoms with E-state index in [-0.39, 0.29) is 30.9 Å². The summed E-state index contributed by atoms with van der Waals surface area (Å²) >= 11 is 0. The first-order valence-corrected chi connectivity index (χ1v) is 7.45. The van der Waals surface area contributed by atoms with Crippen molar-refractivity contribution in [1.29, 1.82) is 0 Å². The van der Waals surface area contributed by atoms with Crippen LogP contribution in [0.25, 0.3) is 11.5 Å². The van der Waals surface area contributed by atoms with Gasteiger partial charge in [-0.2, -0.15) is 4.98 Å². The lowest BCUT2D eigenvalue weighted by atomic mass is 10.2. The third kappa shape index (κ3) is 3.14. The maximum absolute atomic E-state index is 12.9. The number of amides is 1. The van der Waals surface area contributed by atoms with Gasteiger partial charge in [-0.1, -0.05) is 11.2 Å². The van der Waals surface area contributed by atoms with Gasteiger partial charge in [-0.05, 0) is 42.0 Å². The molecule has 7 nitrogen and oxygen atoms in total. The normalized spacial score (nSPS) is 12.2. The lowest BCUT2D eigenvalue weighted by molar-refractivity contribution is 0.0937. The second-order valence-electron chi connectivity index (χ2n) is 5.30. The quantitative estimate of drug-likeness (QED) is 0.785. The third-order valence-corrected chi connectivity index (χ3v) is 3.61. The van der Waals surface area contributed by atoms with Crippen LogP contribution in [0.2, 0.25) is 0 Å². The summed E-state index contributed by atoms with van der Waals surface area (Å²) in [5, 5.41) is 6.35. The smallest absolute Gasteiger partial charge is 0.292 e. The molecule has 0 spiro atoms. The van der Waals surface area contributed by atoms with Gasteiger partial charge in [-0.25, -0.2) is 4.39 Å². The topological polar surface area (TPSA) is 86.5 Å². The molecule has 1 N–H and O–H groups in total. The highest BCUT2D eigenvalue weighted by molar-refractivity contribution is 5.90. The minimum atomic E-state index is -0.477. The van der Waals surface area contributed by atoms with Crippen molar-refractivity contribution in [3.63, 3.8) is 0 Å². The van der Waals surface area contributed by atoms with Crippen LogP contribution in [-0.4, -0.2) is 22.8 Å². The van der Waals surface area contributed by atoms with E-state index < -0.39 is 5.91 Å². The second-order valence-corrected chi connectivity index (χ2v) is 5.30. The highest BCUT2D eigenvalue weighted by Gasteiger charge is 2.17. The number of halogens is 1. The summed E-state index contributed by atoms with van der Waals surface area (Å²) < 4.78 is 28.5. The molecule has 3 aromatic rings. The number of nitrogens with zero attached hydrogens (tertiary/aromatic N) is 2. The van der Waals surface area contributed by atoms with Crippen molar-refractivity contribution in [2.75, 3.05) is 6.79 Å². The monoisotopic (exact) mass is 341 g/mol. The molecule has 0 fully saturated rings. The molecule has 2 aromatic carbocycles. The minimum Gasteiger partial charge on any atom is -0.454 e. The molecular formula is C17H12FN3O4. The third-order valence-electron chi connectivity index (χ3n) is 3.61. The molecule has 0 bridgehead atoms. The predicted octanol–water partition coefficient (Wildman–Crippen LogP) is 2.53. The Balaban J connectivity index is 1.42. The number of benzene rings is 2. The molecule has 0 atom stereocenters. The van der Waals surface area contributed by atoms with Crippen LogP contribution in [0.15, 0.2) is 47.0 Å². The van der Waals surface area contributed by atoms with E-state index in [0.717, 1.165) is 5.56 Å². The van der Waals surface area contributed by atoms with Crippen molar-refractivity contribution in [2.45, 2.75) is 6.54 Å². The van der Waals surface area contributed by atoms with Gasteiger partial charge in [0.15, 0.2) is 11.5 Å². The van der Waals surface area contributed by atoms with E-state index in [0.29, 0.717) is 17.1 Å². The number of carbonyl (C=O) groups excluding carboxylic acids is 1. The number of hydrogen-bond donors (Lipinski definition) is 1. The van der Waals surface area contributed by atoms with E-state index in [2.05, 4.69) is 15.5 Å². The van der Waals surface area contributed by atoms with Crippen molar-refractivity contribution in [2.24, 2.45) is 0 Å². The Kier molecular flexibility index (Phi) is 3.77. The van der Waals surface area contributed by atoms with Crippen molar-refractivity contribution >= 4 is 5.91 Å². The van der Waals surface area contributed by atoms with E-state index in [1.807, 2.05) is 6.07 Å². The Labute approximate surface area is 141 Å². The number of ether oxygens (including phenoxy) is 2. The molecular weight excluding hydrogens is 329 g/mol. The van der Waals surface area contributed by atoms with Gasteiger partial charge in [0.2, 0.25) is 6.79 Å². The van der Waals surface area contributed by atoms with E-state index in [4.69, 9.17) is 14.0 Å². The number of carbonyl (C=O) groups is 1. The minimum absolute atomic E-state index is 0.0972. The highest BCUT2D eigenvalue weighted by Crippen LogP contribution is 2.32. The standard InChI is InChI=1S/C17H12FN3O4/c18-12-4-2-11(3-5-12)17-20-15(21-25-17)16(22)19-8-10-1-6-13-14(7-10)24-9-23-13/h1-7H,8-9H2,(H,19,22). The van der Waals surface area contributed by atoms with Crippen LogP contribution in [0.3, 0.4) is 0 Å². The maximum atomic E-state index is 12.9. The molecule has 8 heteroatoms. The van der Waals surface area contributed by atoms with Crippen molar-refractivity contribution in [3.8, 4) is 23.0 Å². The molecule has 0 aliphatic carbocycles. The molecule has 126 valence electrons. The van der Waals surface area contributed by atoms with Gasteiger partial charge < -0.3 is 19.3 Å². The summed E-state index contributed by atoms with van der Waals surface area (Å²) in [4.78, 5) is 16.2. The summed E-state index contributed by atoms with van der Waals surface area (Å²) in [6.45, 7) is 0.468. The summed E-state index contributed by atoms with van der Waals surface area (Å²) in [5.74, 6) is 0.523. The Bertz CT molecular complexity index is 924. The average Bonchev–Trinajstić information content (AvgIpc) is 3.29. The van der Waals surface area contributed by atoms with Crippen LogP contribution < -0.4 is 14.8 Å². The zero-order valence-electron chi connectivity index (χ0n) is 12.9. The predicted molar refractivity (Wildman–Crippen MR) is 83.4 cm³/mol. The summed E-state index contributed by atoms with van der Waals surface area (Å²) in [5.41, 5.74) is 1.38. The van der Waals surface area contributed by atoms with Crippen LogP contribution in [-0.2, 0) is 6.54 Å². The number of hydrogen-bond acceptors (Lipinski definition) is 6. The molecule has 1 aliphatic heterocycles. The van der Waals surface area contributed by atoms with E-state index in [1.54, 1.807) is 12.1 Å². The Morgan fingerprint density at radius 3 is 2.76 bits per heavy atom. The lowest BCUT2D eigenvalue weighted by Crippen LogP contribution is -2.23. The van der Waals surface area contributed by atoms with Crippen LogP contribution in [0.1, 0.15) is 16.2 Å². The van der Waals surface area contributed by atoms with E-state index >= 15 is 0 Å². The number of nitrogens with one attached hydrogen (secondary N) is 1. The van der Waals surface area contributed by atoms with Crippen LogP contribution in [0, 0.1) is 5.82 Å². The molecule has 25 heavy (non-hydrogen) atoms. The lowest BCUT2D eigenvalue weighted by Gasteiger charge is -2.04. The number of aromatic nitrogens is 2. The molecule has 0 saturated carbocycles. The van der Waals surface area contributed by atoms with Gasteiger partial charge in [-0.3, -0.25) is 4.79 Å². The fraction of sp³-hybridized carbons (Fsp3) is 0.118. The van der Waals surface area contributed by atoms with Gasteiger partial charge in [0.05, 0.1) is 0 Å². The molecule has 1 aliphatic rings. The number of rotatable bonds is 4.